The number of hydrogen-bond donors (Lipinski definition) is 0. The number of carbonyl (C=O) groups excluding carboxylic acids is 1. The van der Waals surface area contributed by atoms with E-state index in [9.17, 15) is 9.18 Å². The van der Waals surface area contributed by atoms with E-state index in [1.807, 2.05) is 4.90 Å². The Morgan fingerprint density at radius 1 is 1.73 bits per heavy atom. The minimum Gasteiger partial charge on any atom is -0.302 e. The van der Waals surface area contributed by atoms with E-state index in [0.717, 1.165) is 19.3 Å². The summed E-state index contributed by atoms with van der Waals surface area (Å²) in [6, 6.07) is 0. The highest BCUT2D eigenvalue weighted by Gasteiger charge is 2.29. The molecule has 1 rings (SSSR count). The van der Waals surface area contributed by atoms with Gasteiger partial charge in [-0.1, -0.05) is 0 Å². The number of likely N-dealkylation sites (tertiary alicyclic amines) is 1. The third kappa shape index (κ3) is 2.58. The van der Waals surface area contributed by atoms with E-state index in [0.29, 0.717) is 19.5 Å². The zero-order valence-electron chi connectivity index (χ0n) is 6.85. The molecule has 1 heterocycles. The number of piperidine rings is 1. The first-order valence-corrected chi connectivity index (χ1v) is 3.99. The van der Waals surface area contributed by atoms with Crippen LogP contribution in [0.5, 0.6) is 0 Å². The number of nitrogens with zero attached hydrogens (tertiary/aromatic N) is 1. The van der Waals surface area contributed by atoms with Gasteiger partial charge in [-0.2, -0.15) is 0 Å². The van der Waals surface area contributed by atoms with Crippen molar-refractivity contribution in [2.24, 2.45) is 0 Å². The van der Waals surface area contributed by atoms with Crippen LogP contribution in [0.25, 0.3) is 0 Å². The molecule has 1 unspecified atom stereocenters. The van der Waals surface area contributed by atoms with E-state index in [1.54, 1.807) is 6.92 Å². The predicted octanol–water partition coefficient (Wildman–Crippen LogP) is 1.01. The maximum atomic E-state index is 13.3. The van der Waals surface area contributed by atoms with Crippen LogP contribution in [-0.2, 0) is 4.79 Å². The van der Waals surface area contributed by atoms with Crippen LogP contribution in [0, 0.1) is 0 Å². The van der Waals surface area contributed by atoms with Crippen molar-refractivity contribution in [2.75, 3.05) is 19.6 Å². The monoisotopic (exact) mass is 159 g/mol. The first-order valence-electron chi connectivity index (χ1n) is 3.99. The molecule has 0 amide bonds. The van der Waals surface area contributed by atoms with E-state index in [2.05, 4.69) is 0 Å². The van der Waals surface area contributed by atoms with Gasteiger partial charge in [-0.15, -0.1) is 0 Å². The largest absolute Gasteiger partial charge is 0.302 e. The molecule has 2 nitrogen and oxygen atoms in total. The third-order valence-electron chi connectivity index (χ3n) is 2.06. The first kappa shape index (κ1) is 8.65. The lowest BCUT2D eigenvalue weighted by molar-refractivity contribution is -0.109. The molecule has 0 radical (unpaired) electrons. The van der Waals surface area contributed by atoms with E-state index in [4.69, 9.17) is 0 Å². The van der Waals surface area contributed by atoms with Crippen molar-refractivity contribution in [3.63, 3.8) is 0 Å². The molecule has 0 bridgehead atoms. The van der Waals surface area contributed by atoms with Gasteiger partial charge in [0.05, 0.1) is 6.54 Å². The molecule has 1 aliphatic rings. The standard InChI is InChI=1S/C8H14FNO/c1-8(9)3-2-4-10(7-8)5-6-11/h6H,2-5,7H2,1H3. The molecule has 0 N–H and O–H groups in total. The highest BCUT2D eigenvalue weighted by Crippen LogP contribution is 2.23. The number of rotatable bonds is 2. The summed E-state index contributed by atoms with van der Waals surface area (Å²) in [6.45, 7) is 3.24. The fraction of sp³-hybridized carbons (Fsp3) is 0.875. The number of halogens is 1. The molecule has 3 heteroatoms. The Morgan fingerprint density at radius 3 is 3.00 bits per heavy atom. The second kappa shape index (κ2) is 3.30. The average Bonchev–Trinajstić information content (AvgIpc) is 1.85. The molecule has 0 aromatic carbocycles. The molecule has 11 heavy (non-hydrogen) atoms. The van der Waals surface area contributed by atoms with Crippen LogP contribution in [0.3, 0.4) is 0 Å². The highest BCUT2D eigenvalue weighted by molar-refractivity contribution is 5.52. The van der Waals surface area contributed by atoms with Crippen LogP contribution >= 0.6 is 0 Å². The van der Waals surface area contributed by atoms with Crippen LogP contribution in [0.2, 0.25) is 0 Å². The van der Waals surface area contributed by atoms with Crippen molar-refractivity contribution in [3.05, 3.63) is 0 Å². The summed E-state index contributed by atoms with van der Waals surface area (Å²) in [6.07, 6.45) is 2.32. The van der Waals surface area contributed by atoms with Gasteiger partial charge in [0, 0.05) is 6.54 Å². The summed E-state index contributed by atoms with van der Waals surface area (Å²) in [5, 5.41) is 0. The Morgan fingerprint density at radius 2 is 2.45 bits per heavy atom. The van der Waals surface area contributed by atoms with Crippen LogP contribution in [0.1, 0.15) is 19.8 Å². The van der Waals surface area contributed by atoms with Gasteiger partial charge in [0.2, 0.25) is 0 Å². The zero-order chi connectivity index (χ0) is 8.32. The SMILES string of the molecule is CC1(F)CCCN(CC=O)C1. The lowest BCUT2D eigenvalue weighted by Crippen LogP contribution is -2.43. The molecule has 64 valence electrons. The first-order chi connectivity index (χ1) is 5.14. The summed E-state index contributed by atoms with van der Waals surface area (Å²) >= 11 is 0. The van der Waals surface area contributed by atoms with Crippen molar-refractivity contribution in [1.82, 2.24) is 4.90 Å². The van der Waals surface area contributed by atoms with Gasteiger partial charge in [-0.05, 0) is 26.3 Å². The van der Waals surface area contributed by atoms with Gasteiger partial charge in [0.25, 0.3) is 0 Å². The molecule has 0 aliphatic carbocycles. The summed E-state index contributed by atoms with van der Waals surface area (Å²) in [7, 11) is 0. The lowest BCUT2D eigenvalue weighted by atomic mass is 9.97. The summed E-state index contributed by atoms with van der Waals surface area (Å²) in [5.74, 6) is 0. The van der Waals surface area contributed by atoms with Crippen LogP contribution < -0.4 is 0 Å². The highest BCUT2D eigenvalue weighted by atomic mass is 19.1. The van der Waals surface area contributed by atoms with Crippen LogP contribution in [0.15, 0.2) is 0 Å². The second-order valence-corrected chi connectivity index (χ2v) is 3.42. The van der Waals surface area contributed by atoms with E-state index >= 15 is 0 Å². The normalized spacial score (nSPS) is 33.6. The smallest absolute Gasteiger partial charge is 0.133 e. The van der Waals surface area contributed by atoms with Crippen LogP contribution in [0.4, 0.5) is 4.39 Å². The minimum absolute atomic E-state index is 0.375. The maximum Gasteiger partial charge on any atom is 0.133 e. The molecule has 0 spiro atoms. The van der Waals surface area contributed by atoms with E-state index < -0.39 is 5.67 Å². The van der Waals surface area contributed by atoms with E-state index in [1.165, 1.54) is 0 Å². The van der Waals surface area contributed by atoms with Crippen molar-refractivity contribution in [1.29, 1.82) is 0 Å². The van der Waals surface area contributed by atoms with Crippen molar-refractivity contribution in [3.8, 4) is 0 Å². The van der Waals surface area contributed by atoms with Crippen molar-refractivity contribution < 1.29 is 9.18 Å². The molecule has 0 aromatic rings. The Labute approximate surface area is 66.4 Å². The predicted molar refractivity (Wildman–Crippen MR) is 41.3 cm³/mol. The fourth-order valence-corrected chi connectivity index (χ4v) is 1.56. The molecule has 1 atom stereocenters. The molecule has 0 saturated carbocycles. The van der Waals surface area contributed by atoms with Gasteiger partial charge in [0.15, 0.2) is 0 Å². The summed E-state index contributed by atoms with van der Waals surface area (Å²) < 4.78 is 13.3. The van der Waals surface area contributed by atoms with Gasteiger partial charge in [0.1, 0.15) is 12.0 Å². The number of aldehydes is 1. The Kier molecular flexibility index (Phi) is 2.60. The lowest BCUT2D eigenvalue weighted by Gasteiger charge is -2.33. The number of carbonyl (C=O) groups is 1. The zero-order valence-corrected chi connectivity index (χ0v) is 6.85. The number of alkyl halides is 1. The second-order valence-electron chi connectivity index (χ2n) is 3.42. The third-order valence-corrected chi connectivity index (χ3v) is 2.06. The molecule has 1 saturated heterocycles. The molecule has 1 fully saturated rings. The Bertz CT molecular complexity index is 147. The minimum atomic E-state index is -1.08. The van der Waals surface area contributed by atoms with Gasteiger partial charge in [-0.25, -0.2) is 4.39 Å². The quantitative estimate of drug-likeness (QED) is 0.560. The van der Waals surface area contributed by atoms with Gasteiger partial charge >= 0.3 is 0 Å². The molecule has 0 aromatic heterocycles. The summed E-state index contributed by atoms with van der Waals surface area (Å²) in [5.41, 5.74) is -1.08. The average molecular weight is 159 g/mol. The molecular weight excluding hydrogens is 145 g/mol. The Hall–Kier alpha value is -0.440. The van der Waals surface area contributed by atoms with Gasteiger partial charge in [-0.3, -0.25) is 4.90 Å². The topological polar surface area (TPSA) is 20.3 Å². The van der Waals surface area contributed by atoms with Crippen LogP contribution in [-0.4, -0.2) is 36.5 Å². The molecule has 1 aliphatic heterocycles. The maximum absolute atomic E-state index is 13.3. The molecular formula is C8H14FNO. The van der Waals surface area contributed by atoms with E-state index in [-0.39, 0.29) is 0 Å². The Balaban J connectivity index is 2.39. The number of hydrogen-bond acceptors (Lipinski definition) is 2. The fourth-order valence-electron chi connectivity index (χ4n) is 1.56. The van der Waals surface area contributed by atoms with Crippen molar-refractivity contribution >= 4 is 6.29 Å². The van der Waals surface area contributed by atoms with Gasteiger partial charge < -0.3 is 4.79 Å². The summed E-state index contributed by atoms with van der Waals surface area (Å²) in [4.78, 5) is 12.0. The van der Waals surface area contributed by atoms with Crippen molar-refractivity contribution in [2.45, 2.75) is 25.4 Å².